The number of fused-ring (bicyclic) bond motifs is 3. The van der Waals surface area contributed by atoms with Gasteiger partial charge in [0.15, 0.2) is 5.75 Å². The Bertz CT molecular complexity index is 1070. The zero-order chi connectivity index (χ0) is 20.0. The zero-order valence-electron chi connectivity index (χ0n) is 16.9. The topological polar surface area (TPSA) is 56.6 Å². The highest BCUT2D eigenvalue weighted by Gasteiger charge is 2.31. The number of imidazole rings is 1. The van der Waals surface area contributed by atoms with Crippen molar-refractivity contribution in [1.82, 2.24) is 14.5 Å². The van der Waals surface area contributed by atoms with Crippen LogP contribution >= 0.6 is 0 Å². The van der Waals surface area contributed by atoms with Gasteiger partial charge in [-0.25, -0.2) is 4.98 Å². The first-order valence-corrected chi connectivity index (χ1v) is 10.2. The number of nitrogens with zero attached hydrogens (tertiary/aromatic N) is 3. The van der Waals surface area contributed by atoms with Crippen LogP contribution < -0.4 is 4.74 Å². The number of hydrogen-bond donors (Lipinski definition) is 0. The van der Waals surface area contributed by atoms with Gasteiger partial charge in [-0.15, -0.1) is 0 Å². The second kappa shape index (κ2) is 7.19. The molecule has 0 aliphatic carbocycles. The van der Waals surface area contributed by atoms with E-state index in [9.17, 15) is 4.79 Å². The minimum Gasteiger partial charge on any atom is -0.483 e. The number of ether oxygens (including phenoxy) is 2. The number of benzene rings is 2. The summed E-state index contributed by atoms with van der Waals surface area (Å²) in [6.45, 7) is 4.42. The Kier molecular flexibility index (Phi) is 4.51. The third-order valence-electron chi connectivity index (χ3n) is 6.08. The average molecular weight is 391 g/mol. The molecule has 6 heteroatoms. The van der Waals surface area contributed by atoms with E-state index in [4.69, 9.17) is 14.5 Å². The molecule has 2 aromatic carbocycles. The van der Waals surface area contributed by atoms with Crippen LogP contribution in [0.25, 0.3) is 11.0 Å². The molecule has 0 saturated carbocycles. The van der Waals surface area contributed by atoms with Crippen molar-refractivity contribution >= 4 is 16.9 Å². The lowest BCUT2D eigenvalue weighted by Gasteiger charge is -2.31. The quantitative estimate of drug-likeness (QED) is 0.672. The van der Waals surface area contributed by atoms with E-state index >= 15 is 0 Å². The summed E-state index contributed by atoms with van der Waals surface area (Å²) in [6, 6.07) is 12.3. The van der Waals surface area contributed by atoms with Crippen LogP contribution in [0.4, 0.5) is 0 Å². The minimum absolute atomic E-state index is 0.0250. The van der Waals surface area contributed by atoms with Crippen LogP contribution in [0.15, 0.2) is 36.4 Å². The summed E-state index contributed by atoms with van der Waals surface area (Å²) in [5.41, 5.74) is 4.66. The molecular formula is C23H25N3O3. The molecule has 0 N–H and O–H groups in total. The van der Waals surface area contributed by atoms with E-state index in [1.165, 1.54) is 0 Å². The van der Waals surface area contributed by atoms with E-state index in [2.05, 4.69) is 12.1 Å². The fraction of sp³-hybridized carbons (Fsp3) is 0.391. The molecule has 0 bridgehead atoms. The van der Waals surface area contributed by atoms with Gasteiger partial charge in [0.1, 0.15) is 17.4 Å². The highest BCUT2D eigenvalue weighted by Crippen LogP contribution is 2.42. The van der Waals surface area contributed by atoms with Crippen molar-refractivity contribution in [3.05, 3.63) is 58.9 Å². The number of rotatable bonds is 2. The summed E-state index contributed by atoms with van der Waals surface area (Å²) < 4.78 is 14.0. The van der Waals surface area contributed by atoms with E-state index in [1.54, 1.807) is 0 Å². The van der Waals surface area contributed by atoms with Gasteiger partial charge in [-0.1, -0.05) is 30.3 Å². The number of morpholine rings is 1. The van der Waals surface area contributed by atoms with Gasteiger partial charge in [0.25, 0.3) is 5.91 Å². The Morgan fingerprint density at radius 3 is 2.69 bits per heavy atom. The molecule has 29 heavy (non-hydrogen) atoms. The monoisotopic (exact) mass is 391 g/mol. The first-order valence-electron chi connectivity index (χ1n) is 10.2. The number of aryl methyl sites for hydroxylation is 2. The molecule has 5 rings (SSSR count). The van der Waals surface area contributed by atoms with Crippen LogP contribution in [0.1, 0.15) is 39.8 Å². The summed E-state index contributed by atoms with van der Waals surface area (Å²) >= 11 is 0. The lowest BCUT2D eigenvalue weighted by Crippen LogP contribution is -2.41. The van der Waals surface area contributed by atoms with Crippen molar-refractivity contribution in [3.8, 4) is 5.75 Å². The Morgan fingerprint density at radius 2 is 1.93 bits per heavy atom. The predicted octanol–water partition coefficient (Wildman–Crippen LogP) is 3.42. The normalized spacial score (nSPS) is 19.1. The second-order valence-corrected chi connectivity index (χ2v) is 7.78. The molecule has 6 nitrogen and oxygen atoms in total. The van der Waals surface area contributed by atoms with Gasteiger partial charge in [-0.3, -0.25) is 4.79 Å². The molecule has 0 spiro atoms. The van der Waals surface area contributed by atoms with Crippen molar-refractivity contribution in [3.63, 3.8) is 0 Å². The number of amides is 1. The van der Waals surface area contributed by atoms with Gasteiger partial charge < -0.3 is 18.9 Å². The molecular weight excluding hydrogens is 366 g/mol. The standard InChI is InChI=1S/C23H25N3O3/c1-15-24-21-19(25(15)2)14-18(23(27)26-10-12-28-13-11-26)17-8-9-20(29-22(17)21)16-6-4-3-5-7-16/h3-7,14,20H,8-13H2,1-2H3. The molecule has 1 saturated heterocycles. The van der Waals surface area contributed by atoms with Crippen molar-refractivity contribution in [1.29, 1.82) is 0 Å². The fourth-order valence-corrected chi connectivity index (χ4v) is 4.33. The Labute approximate surface area is 170 Å². The maximum Gasteiger partial charge on any atom is 0.254 e. The Hall–Kier alpha value is -2.86. The van der Waals surface area contributed by atoms with E-state index in [-0.39, 0.29) is 12.0 Å². The van der Waals surface area contributed by atoms with Crippen LogP contribution in [0, 0.1) is 6.92 Å². The van der Waals surface area contributed by atoms with E-state index in [1.807, 2.05) is 47.7 Å². The molecule has 1 fully saturated rings. The van der Waals surface area contributed by atoms with Crippen molar-refractivity contribution < 1.29 is 14.3 Å². The zero-order valence-corrected chi connectivity index (χ0v) is 16.9. The smallest absolute Gasteiger partial charge is 0.254 e. The van der Waals surface area contributed by atoms with Gasteiger partial charge >= 0.3 is 0 Å². The molecule has 1 amide bonds. The van der Waals surface area contributed by atoms with Crippen LogP contribution in [-0.4, -0.2) is 46.7 Å². The summed E-state index contributed by atoms with van der Waals surface area (Å²) in [6.07, 6.45) is 1.62. The first-order chi connectivity index (χ1) is 14.1. The van der Waals surface area contributed by atoms with Crippen LogP contribution in [-0.2, 0) is 18.2 Å². The van der Waals surface area contributed by atoms with Gasteiger partial charge in [-0.2, -0.15) is 0 Å². The number of carbonyl (C=O) groups is 1. The lowest BCUT2D eigenvalue weighted by molar-refractivity contribution is 0.0301. The van der Waals surface area contributed by atoms with E-state index in [0.717, 1.165) is 52.1 Å². The number of aromatic nitrogens is 2. The Balaban J connectivity index is 1.62. The molecule has 150 valence electrons. The SMILES string of the molecule is Cc1nc2c3c(c(C(=O)N4CCOCC4)cc2n1C)CCC(c1ccccc1)O3. The fourth-order valence-electron chi connectivity index (χ4n) is 4.33. The maximum absolute atomic E-state index is 13.4. The molecule has 2 aliphatic rings. The number of hydrogen-bond acceptors (Lipinski definition) is 4. The minimum atomic E-state index is -0.0250. The van der Waals surface area contributed by atoms with Crippen LogP contribution in [0.5, 0.6) is 5.75 Å². The van der Waals surface area contributed by atoms with Crippen LogP contribution in [0.3, 0.4) is 0 Å². The molecule has 1 aromatic heterocycles. The first kappa shape index (κ1) is 18.2. The maximum atomic E-state index is 13.4. The molecule has 3 aromatic rings. The summed E-state index contributed by atoms with van der Waals surface area (Å²) in [5, 5.41) is 0. The van der Waals surface area contributed by atoms with E-state index in [0.29, 0.717) is 26.3 Å². The van der Waals surface area contributed by atoms with Gasteiger partial charge in [0.05, 0.1) is 18.7 Å². The highest BCUT2D eigenvalue weighted by molar-refractivity contribution is 6.01. The summed E-state index contributed by atoms with van der Waals surface area (Å²) in [4.78, 5) is 20.0. The third-order valence-corrected chi connectivity index (χ3v) is 6.08. The average Bonchev–Trinajstić information content (AvgIpc) is 3.07. The highest BCUT2D eigenvalue weighted by atomic mass is 16.5. The van der Waals surface area contributed by atoms with E-state index < -0.39 is 0 Å². The van der Waals surface area contributed by atoms with Gasteiger partial charge in [-0.05, 0) is 31.4 Å². The molecule has 1 atom stereocenters. The largest absolute Gasteiger partial charge is 0.483 e. The van der Waals surface area contributed by atoms with Crippen molar-refractivity contribution in [2.75, 3.05) is 26.3 Å². The van der Waals surface area contributed by atoms with Crippen LogP contribution in [0.2, 0.25) is 0 Å². The summed E-state index contributed by atoms with van der Waals surface area (Å²) in [5.74, 6) is 1.73. The Morgan fingerprint density at radius 1 is 1.17 bits per heavy atom. The molecule has 3 heterocycles. The molecule has 0 radical (unpaired) electrons. The molecule has 2 aliphatic heterocycles. The lowest BCUT2D eigenvalue weighted by atomic mass is 9.92. The molecule has 1 unspecified atom stereocenters. The van der Waals surface area contributed by atoms with Gasteiger partial charge in [0.2, 0.25) is 0 Å². The second-order valence-electron chi connectivity index (χ2n) is 7.78. The number of carbonyl (C=O) groups excluding carboxylic acids is 1. The third kappa shape index (κ3) is 3.08. The predicted molar refractivity (Wildman–Crippen MR) is 110 cm³/mol. The van der Waals surface area contributed by atoms with Crippen molar-refractivity contribution in [2.45, 2.75) is 25.9 Å². The summed E-state index contributed by atoms with van der Waals surface area (Å²) in [7, 11) is 1.98. The van der Waals surface area contributed by atoms with Crippen molar-refractivity contribution in [2.24, 2.45) is 7.05 Å². The van der Waals surface area contributed by atoms with Gasteiger partial charge in [0, 0.05) is 31.3 Å².